The first kappa shape index (κ1) is 13.6. The third kappa shape index (κ3) is 3.80. The van der Waals surface area contributed by atoms with Crippen molar-refractivity contribution < 1.29 is 13.2 Å². The Balaban J connectivity index is 1.89. The lowest BCUT2D eigenvalue weighted by atomic mass is 10.2. The van der Waals surface area contributed by atoms with Crippen LogP contribution in [0.3, 0.4) is 0 Å². The molecule has 2 aromatic rings. The number of alkyl halides is 3. The van der Waals surface area contributed by atoms with Gasteiger partial charge in [0.2, 0.25) is 0 Å². The number of fused-ring (bicyclic) bond motifs is 1. The summed E-state index contributed by atoms with van der Waals surface area (Å²) in [5.74, 6) is 1.16. The highest BCUT2D eigenvalue weighted by Crippen LogP contribution is 2.22. The topological polar surface area (TPSA) is 55.1 Å². The van der Waals surface area contributed by atoms with E-state index in [1.807, 2.05) is 6.92 Å². The van der Waals surface area contributed by atoms with E-state index in [0.717, 1.165) is 5.69 Å². The van der Waals surface area contributed by atoms with Gasteiger partial charge in [0.05, 0.1) is 0 Å². The van der Waals surface area contributed by atoms with Crippen LogP contribution in [0, 0.1) is 6.92 Å². The van der Waals surface area contributed by atoms with E-state index in [4.69, 9.17) is 0 Å². The Labute approximate surface area is 107 Å². The lowest BCUT2D eigenvalue weighted by Gasteiger charge is -2.09. The van der Waals surface area contributed by atoms with Crippen molar-refractivity contribution in [1.82, 2.24) is 19.6 Å². The summed E-state index contributed by atoms with van der Waals surface area (Å²) in [5.41, 5.74) is 0.776. The molecule has 0 amide bonds. The van der Waals surface area contributed by atoms with Crippen molar-refractivity contribution in [3.8, 4) is 0 Å². The summed E-state index contributed by atoms with van der Waals surface area (Å²) in [6, 6.07) is 1.78. The van der Waals surface area contributed by atoms with Crippen LogP contribution < -0.4 is 5.32 Å². The normalized spacial score (nSPS) is 12.0. The number of rotatable bonds is 5. The molecule has 8 heteroatoms. The van der Waals surface area contributed by atoms with Crippen molar-refractivity contribution in [1.29, 1.82) is 0 Å². The first-order chi connectivity index (χ1) is 8.96. The maximum Gasteiger partial charge on any atom is 0.389 e. The number of aromatic nitrogens is 4. The van der Waals surface area contributed by atoms with Gasteiger partial charge in [0.15, 0.2) is 0 Å². The Kier molecular flexibility index (Phi) is 3.87. The molecule has 0 aliphatic rings. The summed E-state index contributed by atoms with van der Waals surface area (Å²) >= 11 is 0. The van der Waals surface area contributed by atoms with Gasteiger partial charge in [0.1, 0.15) is 12.1 Å². The third-order valence-electron chi connectivity index (χ3n) is 2.57. The van der Waals surface area contributed by atoms with Crippen LogP contribution in [-0.2, 0) is 0 Å². The van der Waals surface area contributed by atoms with Crippen LogP contribution in [0.4, 0.5) is 19.0 Å². The van der Waals surface area contributed by atoms with Gasteiger partial charge in [-0.1, -0.05) is 0 Å². The van der Waals surface area contributed by atoms with Crippen molar-refractivity contribution in [2.75, 3.05) is 11.9 Å². The van der Waals surface area contributed by atoms with Crippen LogP contribution in [0.15, 0.2) is 12.4 Å². The number of nitrogens with zero attached hydrogens (tertiary/aromatic N) is 4. The lowest BCUT2D eigenvalue weighted by molar-refractivity contribution is -0.135. The highest BCUT2D eigenvalue weighted by Gasteiger charge is 2.25. The molecule has 0 unspecified atom stereocenters. The van der Waals surface area contributed by atoms with Gasteiger partial charge < -0.3 is 5.32 Å². The second-order valence-corrected chi connectivity index (χ2v) is 4.25. The first-order valence-electron chi connectivity index (χ1n) is 5.94. The van der Waals surface area contributed by atoms with Crippen LogP contribution in [0.1, 0.15) is 25.0 Å². The van der Waals surface area contributed by atoms with E-state index in [1.54, 1.807) is 6.07 Å². The Bertz CT molecular complexity index is 549. The molecule has 0 aromatic carbocycles. The van der Waals surface area contributed by atoms with E-state index in [9.17, 15) is 13.2 Å². The Hall–Kier alpha value is -1.86. The Morgan fingerprint density at radius 3 is 2.84 bits per heavy atom. The largest absolute Gasteiger partial charge is 0.389 e. The van der Waals surface area contributed by atoms with Gasteiger partial charge in [-0.2, -0.15) is 27.8 Å². The molecule has 1 N–H and O–H groups in total. The van der Waals surface area contributed by atoms with Crippen LogP contribution in [-0.4, -0.2) is 32.3 Å². The minimum atomic E-state index is -4.08. The average Bonchev–Trinajstić information content (AvgIpc) is 2.74. The first-order valence-corrected chi connectivity index (χ1v) is 5.94. The molecule has 2 heterocycles. The highest BCUT2D eigenvalue weighted by molar-refractivity contribution is 5.44. The number of hydrogen-bond acceptors (Lipinski definition) is 4. The molecule has 104 valence electrons. The lowest BCUT2D eigenvalue weighted by Crippen LogP contribution is -2.11. The maximum atomic E-state index is 12.0. The number of aryl methyl sites for hydroxylation is 1. The van der Waals surface area contributed by atoms with Crippen molar-refractivity contribution >= 4 is 11.6 Å². The van der Waals surface area contributed by atoms with Crippen molar-refractivity contribution in [3.05, 3.63) is 18.1 Å². The summed E-state index contributed by atoms with van der Waals surface area (Å²) in [6.45, 7) is 2.28. The highest BCUT2D eigenvalue weighted by atomic mass is 19.4. The molecule has 0 saturated carbocycles. The molecule has 0 aliphatic carbocycles. The Morgan fingerprint density at radius 1 is 1.32 bits per heavy atom. The number of unbranched alkanes of at least 4 members (excludes halogenated alkanes) is 1. The summed E-state index contributed by atoms with van der Waals surface area (Å²) in [6.07, 6.45) is -2.88. The predicted molar refractivity (Wildman–Crippen MR) is 63.9 cm³/mol. The molecular weight excluding hydrogens is 259 g/mol. The number of hydrogen-bond donors (Lipinski definition) is 1. The van der Waals surface area contributed by atoms with Crippen molar-refractivity contribution in [3.63, 3.8) is 0 Å². The zero-order chi connectivity index (χ0) is 13.9. The molecule has 2 rings (SSSR count). The quantitative estimate of drug-likeness (QED) is 0.851. The summed E-state index contributed by atoms with van der Waals surface area (Å²) < 4.78 is 37.4. The molecule has 2 aromatic heterocycles. The molecule has 0 fully saturated rings. The minimum Gasteiger partial charge on any atom is -0.370 e. The van der Waals surface area contributed by atoms with E-state index in [2.05, 4.69) is 20.4 Å². The molecule has 0 atom stereocenters. The van der Waals surface area contributed by atoms with Crippen molar-refractivity contribution in [2.24, 2.45) is 0 Å². The zero-order valence-corrected chi connectivity index (χ0v) is 10.4. The van der Waals surface area contributed by atoms with Gasteiger partial charge in [-0.15, -0.1) is 0 Å². The van der Waals surface area contributed by atoms with Crippen LogP contribution in [0.2, 0.25) is 0 Å². The smallest absolute Gasteiger partial charge is 0.370 e. The second kappa shape index (κ2) is 5.41. The van der Waals surface area contributed by atoms with E-state index >= 15 is 0 Å². The van der Waals surface area contributed by atoms with Gasteiger partial charge in [-0.25, -0.2) is 4.98 Å². The van der Waals surface area contributed by atoms with Gasteiger partial charge in [0.25, 0.3) is 5.78 Å². The van der Waals surface area contributed by atoms with E-state index in [-0.39, 0.29) is 6.42 Å². The van der Waals surface area contributed by atoms with Gasteiger partial charge >= 0.3 is 6.18 Å². The maximum absolute atomic E-state index is 12.0. The summed E-state index contributed by atoms with van der Waals surface area (Å²) in [4.78, 5) is 8.14. The zero-order valence-electron chi connectivity index (χ0n) is 10.4. The van der Waals surface area contributed by atoms with Gasteiger partial charge in [-0.05, 0) is 19.8 Å². The fourth-order valence-electron chi connectivity index (χ4n) is 1.72. The summed E-state index contributed by atoms with van der Waals surface area (Å²) in [7, 11) is 0. The minimum absolute atomic E-state index is 0.112. The number of anilines is 1. The fourth-order valence-corrected chi connectivity index (χ4v) is 1.72. The molecule has 19 heavy (non-hydrogen) atoms. The molecular formula is C11H14F3N5. The molecule has 0 spiro atoms. The molecule has 0 radical (unpaired) electrons. The fraction of sp³-hybridized carbons (Fsp3) is 0.545. The summed E-state index contributed by atoms with van der Waals surface area (Å²) in [5, 5.41) is 7.05. The Morgan fingerprint density at radius 2 is 2.11 bits per heavy atom. The van der Waals surface area contributed by atoms with E-state index in [0.29, 0.717) is 24.6 Å². The van der Waals surface area contributed by atoms with E-state index < -0.39 is 12.6 Å². The predicted octanol–water partition coefficient (Wildman–Crippen LogP) is 2.58. The number of nitrogens with one attached hydrogen (secondary N) is 1. The average molecular weight is 273 g/mol. The van der Waals surface area contributed by atoms with Crippen LogP contribution >= 0.6 is 0 Å². The number of halogens is 3. The molecule has 0 aliphatic heterocycles. The second-order valence-electron chi connectivity index (χ2n) is 4.25. The van der Waals surface area contributed by atoms with Crippen molar-refractivity contribution in [2.45, 2.75) is 32.4 Å². The standard InChI is InChI=1S/C11H14F3N5/c1-8-6-9(19-10(18-8)16-7-17-19)15-5-3-2-4-11(12,13)14/h6-7,15H,2-5H2,1H3. The van der Waals surface area contributed by atoms with Crippen LogP contribution in [0.5, 0.6) is 0 Å². The SMILES string of the molecule is Cc1cc(NCCCCC(F)(F)F)n2ncnc2n1. The van der Waals surface area contributed by atoms with E-state index in [1.165, 1.54) is 10.8 Å². The van der Waals surface area contributed by atoms with Gasteiger partial charge in [-0.3, -0.25) is 0 Å². The monoisotopic (exact) mass is 273 g/mol. The molecule has 5 nitrogen and oxygen atoms in total. The van der Waals surface area contributed by atoms with Gasteiger partial charge in [0, 0.05) is 24.7 Å². The molecule has 0 saturated heterocycles. The third-order valence-corrected chi connectivity index (χ3v) is 2.57. The molecule has 0 bridgehead atoms. The van der Waals surface area contributed by atoms with Crippen LogP contribution in [0.25, 0.3) is 5.78 Å².